The molecule has 0 saturated heterocycles. The average Bonchev–Trinajstić information content (AvgIpc) is 3.49. The molecular formula is C30H35N5O4. The third kappa shape index (κ3) is 5.13. The van der Waals surface area contributed by atoms with Gasteiger partial charge in [-0.1, -0.05) is 57.7 Å². The molecule has 0 bridgehead atoms. The van der Waals surface area contributed by atoms with E-state index in [1.54, 1.807) is 22.9 Å². The van der Waals surface area contributed by atoms with Gasteiger partial charge in [0.2, 0.25) is 5.91 Å². The summed E-state index contributed by atoms with van der Waals surface area (Å²) < 4.78 is 3.57. The van der Waals surface area contributed by atoms with Crippen LogP contribution in [0.3, 0.4) is 0 Å². The second-order valence-corrected chi connectivity index (χ2v) is 10.6. The predicted octanol–water partition coefficient (Wildman–Crippen LogP) is 5.59. The number of anilines is 1. The number of amides is 1. The quantitative estimate of drug-likeness (QED) is 0.274. The molecule has 3 N–H and O–H groups in total. The SMILES string of the molecule is CCC(C)C(NC(=O)c1ccn2c(NC3CCCCC3)c(-c3cn(C(C)=O)c4ccccc34)nc2c1)C(=O)O. The second kappa shape index (κ2) is 10.9. The number of carbonyl (C=O) groups is 3. The van der Waals surface area contributed by atoms with Crippen LogP contribution in [-0.4, -0.2) is 48.9 Å². The monoisotopic (exact) mass is 529 g/mol. The van der Waals surface area contributed by atoms with Gasteiger partial charge in [0.05, 0.1) is 5.52 Å². The summed E-state index contributed by atoms with van der Waals surface area (Å²) in [6.45, 7) is 5.24. The van der Waals surface area contributed by atoms with Crippen molar-refractivity contribution in [1.29, 1.82) is 0 Å². The van der Waals surface area contributed by atoms with E-state index in [2.05, 4.69) is 10.6 Å². The molecule has 9 heteroatoms. The molecule has 1 aliphatic rings. The van der Waals surface area contributed by atoms with Gasteiger partial charge in [0.15, 0.2) is 0 Å². The zero-order valence-electron chi connectivity index (χ0n) is 22.6. The van der Waals surface area contributed by atoms with Crippen LogP contribution >= 0.6 is 0 Å². The van der Waals surface area contributed by atoms with E-state index in [0.29, 0.717) is 29.4 Å². The molecule has 0 aliphatic heterocycles. The molecule has 39 heavy (non-hydrogen) atoms. The number of para-hydroxylation sites is 1. The molecule has 5 rings (SSSR count). The molecular weight excluding hydrogens is 494 g/mol. The number of nitrogens with one attached hydrogen (secondary N) is 2. The second-order valence-electron chi connectivity index (χ2n) is 10.6. The summed E-state index contributed by atoms with van der Waals surface area (Å²) in [5.41, 5.74) is 3.24. The summed E-state index contributed by atoms with van der Waals surface area (Å²) in [4.78, 5) is 42.2. The van der Waals surface area contributed by atoms with Crippen LogP contribution in [0.15, 0.2) is 48.8 Å². The summed E-state index contributed by atoms with van der Waals surface area (Å²) >= 11 is 0. The van der Waals surface area contributed by atoms with Gasteiger partial charge in [-0.2, -0.15) is 0 Å². The lowest BCUT2D eigenvalue weighted by Crippen LogP contribution is -2.45. The Morgan fingerprint density at radius 2 is 1.87 bits per heavy atom. The van der Waals surface area contributed by atoms with Crippen molar-refractivity contribution < 1.29 is 19.5 Å². The van der Waals surface area contributed by atoms with Crippen molar-refractivity contribution in [1.82, 2.24) is 19.3 Å². The van der Waals surface area contributed by atoms with Gasteiger partial charge in [-0.05, 0) is 37.0 Å². The van der Waals surface area contributed by atoms with Gasteiger partial charge in [0.25, 0.3) is 5.91 Å². The summed E-state index contributed by atoms with van der Waals surface area (Å²) in [6.07, 6.45) is 9.95. The van der Waals surface area contributed by atoms with E-state index in [0.717, 1.165) is 35.1 Å². The molecule has 3 heterocycles. The Morgan fingerprint density at radius 3 is 2.56 bits per heavy atom. The number of carboxylic acid groups (broad SMARTS) is 1. The zero-order valence-corrected chi connectivity index (χ0v) is 22.6. The van der Waals surface area contributed by atoms with Gasteiger partial charge in [0, 0.05) is 41.9 Å². The van der Waals surface area contributed by atoms with Crippen molar-refractivity contribution in [2.75, 3.05) is 5.32 Å². The normalized spacial score (nSPS) is 15.8. The molecule has 3 aromatic heterocycles. The highest BCUT2D eigenvalue weighted by Gasteiger charge is 2.27. The van der Waals surface area contributed by atoms with E-state index in [1.807, 2.05) is 48.7 Å². The smallest absolute Gasteiger partial charge is 0.326 e. The van der Waals surface area contributed by atoms with Crippen LogP contribution in [0.1, 0.15) is 74.4 Å². The van der Waals surface area contributed by atoms with E-state index in [1.165, 1.54) is 26.2 Å². The summed E-state index contributed by atoms with van der Waals surface area (Å²) in [6, 6.07) is 10.5. The minimum atomic E-state index is -1.05. The Balaban J connectivity index is 1.61. The lowest BCUT2D eigenvalue weighted by atomic mass is 9.95. The molecule has 0 radical (unpaired) electrons. The largest absolute Gasteiger partial charge is 0.480 e. The number of hydrogen-bond acceptors (Lipinski definition) is 5. The van der Waals surface area contributed by atoms with Gasteiger partial charge in [0.1, 0.15) is 23.2 Å². The molecule has 1 saturated carbocycles. The number of rotatable bonds is 8. The van der Waals surface area contributed by atoms with Gasteiger partial charge in [-0.25, -0.2) is 9.78 Å². The molecule has 2 atom stereocenters. The van der Waals surface area contributed by atoms with Crippen molar-refractivity contribution >= 4 is 40.2 Å². The van der Waals surface area contributed by atoms with Gasteiger partial charge in [-0.15, -0.1) is 0 Å². The first-order valence-corrected chi connectivity index (χ1v) is 13.7. The van der Waals surface area contributed by atoms with Gasteiger partial charge < -0.3 is 15.7 Å². The number of nitrogens with zero attached hydrogens (tertiary/aromatic N) is 3. The molecule has 1 amide bonds. The number of hydrogen-bond donors (Lipinski definition) is 3. The van der Waals surface area contributed by atoms with Crippen molar-refractivity contribution in [3.8, 4) is 11.3 Å². The summed E-state index contributed by atoms with van der Waals surface area (Å²) in [5, 5.41) is 16.9. The molecule has 1 aliphatic carbocycles. The van der Waals surface area contributed by atoms with Crippen LogP contribution in [0.25, 0.3) is 27.8 Å². The Hall–Kier alpha value is -4.14. The molecule has 9 nitrogen and oxygen atoms in total. The van der Waals surface area contributed by atoms with Gasteiger partial charge in [-0.3, -0.25) is 18.6 Å². The minimum absolute atomic E-state index is 0.0868. The van der Waals surface area contributed by atoms with Crippen molar-refractivity contribution in [3.05, 3.63) is 54.4 Å². The van der Waals surface area contributed by atoms with E-state index in [4.69, 9.17) is 4.98 Å². The molecule has 2 unspecified atom stereocenters. The lowest BCUT2D eigenvalue weighted by Gasteiger charge is -2.24. The number of aromatic nitrogens is 3. The van der Waals surface area contributed by atoms with E-state index >= 15 is 0 Å². The molecule has 204 valence electrons. The number of aliphatic carboxylic acids is 1. The Kier molecular flexibility index (Phi) is 7.41. The average molecular weight is 530 g/mol. The van der Waals surface area contributed by atoms with E-state index in [9.17, 15) is 19.5 Å². The Morgan fingerprint density at radius 1 is 1.13 bits per heavy atom. The third-order valence-electron chi connectivity index (χ3n) is 7.91. The number of benzene rings is 1. The van der Waals surface area contributed by atoms with Crippen LogP contribution < -0.4 is 10.6 Å². The highest BCUT2D eigenvalue weighted by atomic mass is 16.4. The minimum Gasteiger partial charge on any atom is -0.480 e. The van der Waals surface area contributed by atoms with Crippen LogP contribution in [0, 0.1) is 5.92 Å². The van der Waals surface area contributed by atoms with Crippen LogP contribution in [-0.2, 0) is 4.79 Å². The first kappa shape index (κ1) is 26.5. The van der Waals surface area contributed by atoms with E-state index in [-0.39, 0.29) is 11.8 Å². The fourth-order valence-electron chi connectivity index (χ4n) is 5.49. The fourth-order valence-corrected chi connectivity index (χ4v) is 5.49. The van der Waals surface area contributed by atoms with Crippen LogP contribution in [0.2, 0.25) is 0 Å². The van der Waals surface area contributed by atoms with E-state index < -0.39 is 17.9 Å². The predicted molar refractivity (Wildman–Crippen MR) is 151 cm³/mol. The highest BCUT2D eigenvalue weighted by molar-refractivity contribution is 6.03. The molecule has 0 spiro atoms. The zero-order chi connectivity index (χ0) is 27.7. The first-order chi connectivity index (χ1) is 18.8. The molecule has 4 aromatic rings. The number of imidazole rings is 1. The van der Waals surface area contributed by atoms with Crippen LogP contribution in [0.5, 0.6) is 0 Å². The lowest BCUT2D eigenvalue weighted by molar-refractivity contribution is -0.140. The maximum absolute atomic E-state index is 13.1. The molecule has 1 aromatic carbocycles. The van der Waals surface area contributed by atoms with Gasteiger partial charge >= 0.3 is 5.97 Å². The number of carbonyl (C=O) groups excluding carboxylic acids is 2. The number of carboxylic acids is 1. The number of pyridine rings is 1. The Bertz CT molecular complexity index is 1550. The van der Waals surface area contributed by atoms with Crippen molar-refractivity contribution in [3.63, 3.8) is 0 Å². The topological polar surface area (TPSA) is 118 Å². The highest BCUT2D eigenvalue weighted by Crippen LogP contribution is 2.37. The maximum Gasteiger partial charge on any atom is 0.326 e. The summed E-state index contributed by atoms with van der Waals surface area (Å²) in [7, 11) is 0. The summed E-state index contributed by atoms with van der Waals surface area (Å²) in [5.74, 6) is -0.986. The first-order valence-electron chi connectivity index (χ1n) is 13.7. The van der Waals surface area contributed by atoms with Crippen molar-refractivity contribution in [2.45, 2.75) is 71.4 Å². The third-order valence-corrected chi connectivity index (χ3v) is 7.91. The standard InChI is InChI=1S/C30H35N5O4/c1-4-18(2)26(30(38)39)33-29(37)20-14-15-34-25(16-20)32-27(28(34)31-21-10-6-5-7-11-21)23-17-35(19(3)36)24-13-9-8-12-22(23)24/h8-9,12-18,21,26,31H,4-7,10-11H2,1-3H3,(H,33,37)(H,38,39). The Labute approximate surface area is 227 Å². The van der Waals surface area contributed by atoms with Crippen molar-refractivity contribution in [2.24, 2.45) is 5.92 Å². The number of fused-ring (bicyclic) bond motifs is 2. The molecule has 1 fully saturated rings. The van der Waals surface area contributed by atoms with Crippen LogP contribution in [0.4, 0.5) is 5.82 Å². The fraction of sp³-hybridized carbons (Fsp3) is 0.400. The maximum atomic E-state index is 13.1.